The summed E-state index contributed by atoms with van der Waals surface area (Å²) in [7, 11) is 1.65. The summed E-state index contributed by atoms with van der Waals surface area (Å²) < 4.78 is 5.53. The van der Waals surface area contributed by atoms with Gasteiger partial charge in [0, 0.05) is 10.9 Å². The van der Waals surface area contributed by atoms with Gasteiger partial charge in [-0.1, -0.05) is 64.4 Å². The quantitative estimate of drug-likeness (QED) is 0.248. The molecule has 0 atom stereocenters. The van der Waals surface area contributed by atoms with E-state index in [1.807, 2.05) is 52.0 Å². The largest absolute Gasteiger partial charge is 0.479 e. The first kappa shape index (κ1) is 26.5. The summed E-state index contributed by atoms with van der Waals surface area (Å²) in [5.74, 6) is 0.569. The lowest BCUT2D eigenvalue weighted by Gasteiger charge is -2.10. The van der Waals surface area contributed by atoms with Gasteiger partial charge in [0.25, 0.3) is 0 Å². The molecule has 2 aromatic carbocycles. The molecule has 0 aliphatic rings. The van der Waals surface area contributed by atoms with Gasteiger partial charge in [0.15, 0.2) is 0 Å². The van der Waals surface area contributed by atoms with E-state index in [9.17, 15) is 0 Å². The second kappa shape index (κ2) is 14.4. The number of aromatic nitrogens is 3. The van der Waals surface area contributed by atoms with E-state index in [-0.39, 0.29) is 0 Å². The summed E-state index contributed by atoms with van der Waals surface area (Å²) in [4.78, 5) is 14.0. The number of fused-ring (bicyclic) bond motifs is 1. The van der Waals surface area contributed by atoms with E-state index >= 15 is 0 Å². The first-order valence-corrected chi connectivity index (χ1v) is 12.9. The van der Waals surface area contributed by atoms with Gasteiger partial charge < -0.3 is 4.74 Å². The fourth-order valence-corrected chi connectivity index (χ4v) is 4.17. The van der Waals surface area contributed by atoms with E-state index in [1.54, 1.807) is 18.4 Å². The Morgan fingerprint density at radius 2 is 1.48 bits per heavy atom. The van der Waals surface area contributed by atoms with Crippen molar-refractivity contribution in [3.8, 4) is 17.1 Å². The molecule has 4 rings (SSSR count). The molecule has 4 nitrogen and oxygen atoms in total. The van der Waals surface area contributed by atoms with E-state index in [2.05, 4.69) is 46.5 Å². The average molecular weight is 464 g/mol. The molecule has 0 aliphatic heterocycles. The van der Waals surface area contributed by atoms with Gasteiger partial charge in [-0.25, -0.2) is 15.0 Å². The monoisotopic (exact) mass is 463 g/mol. The van der Waals surface area contributed by atoms with Gasteiger partial charge >= 0.3 is 0 Å². The molecule has 0 amide bonds. The number of ether oxygens (including phenoxy) is 1. The third-order valence-corrected chi connectivity index (χ3v) is 5.82. The summed E-state index contributed by atoms with van der Waals surface area (Å²) >= 11 is 1.74. The van der Waals surface area contributed by atoms with Crippen molar-refractivity contribution < 1.29 is 4.74 Å². The number of rotatable bonds is 8. The SMILES string of the molecule is CC.CC.COc1nc2ccccc2nc1-c1cccc(CCCCCc2csc(C)n2)c1. The zero-order valence-corrected chi connectivity index (χ0v) is 21.7. The van der Waals surface area contributed by atoms with Gasteiger partial charge in [0.05, 0.1) is 28.8 Å². The van der Waals surface area contributed by atoms with Crippen molar-refractivity contribution in [2.45, 2.75) is 66.7 Å². The average Bonchev–Trinajstić information content (AvgIpc) is 3.30. The Kier molecular flexibility index (Phi) is 11.5. The van der Waals surface area contributed by atoms with Crippen LogP contribution in [0.2, 0.25) is 0 Å². The van der Waals surface area contributed by atoms with Gasteiger partial charge in [-0.2, -0.15) is 0 Å². The van der Waals surface area contributed by atoms with Crippen LogP contribution in [-0.4, -0.2) is 22.1 Å². The molecule has 2 aromatic heterocycles. The summed E-state index contributed by atoms with van der Waals surface area (Å²) in [6, 6.07) is 16.5. The van der Waals surface area contributed by atoms with Gasteiger partial charge in [-0.05, 0) is 56.4 Å². The molecule has 0 N–H and O–H groups in total. The van der Waals surface area contributed by atoms with Crippen LogP contribution in [0.5, 0.6) is 5.88 Å². The second-order valence-corrected chi connectivity index (χ2v) is 8.25. The lowest BCUT2D eigenvalue weighted by molar-refractivity contribution is 0.400. The predicted octanol–water partition coefficient (Wildman–Crippen LogP) is 8.08. The minimum Gasteiger partial charge on any atom is -0.479 e. The zero-order valence-electron chi connectivity index (χ0n) is 20.9. The lowest BCUT2D eigenvalue weighted by atomic mass is 10.0. The van der Waals surface area contributed by atoms with Crippen LogP contribution in [0.15, 0.2) is 53.9 Å². The van der Waals surface area contributed by atoms with Gasteiger partial charge in [-0.15, -0.1) is 11.3 Å². The highest BCUT2D eigenvalue weighted by Crippen LogP contribution is 2.29. The summed E-state index contributed by atoms with van der Waals surface area (Å²) in [5.41, 5.74) is 6.13. The van der Waals surface area contributed by atoms with E-state index in [1.165, 1.54) is 30.5 Å². The van der Waals surface area contributed by atoms with E-state index in [0.29, 0.717) is 5.88 Å². The molecule has 176 valence electrons. The van der Waals surface area contributed by atoms with Crippen molar-refractivity contribution in [3.05, 3.63) is 70.2 Å². The molecule has 0 aliphatic carbocycles. The maximum Gasteiger partial charge on any atom is 0.240 e. The van der Waals surface area contributed by atoms with Gasteiger partial charge in [0.1, 0.15) is 5.69 Å². The Morgan fingerprint density at radius 1 is 0.788 bits per heavy atom. The molecule has 2 heterocycles. The Hall–Kier alpha value is -2.79. The molecule has 0 spiro atoms. The highest BCUT2D eigenvalue weighted by Gasteiger charge is 2.12. The van der Waals surface area contributed by atoms with Crippen LogP contribution in [-0.2, 0) is 12.8 Å². The minimum absolute atomic E-state index is 0.569. The molecular weight excluding hydrogens is 426 g/mol. The number of methoxy groups -OCH3 is 1. The minimum atomic E-state index is 0.569. The lowest BCUT2D eigenvalue weighted by Crippen LogP contribution is -1.97. The predicted molar refractivity (Wildman–Crippen MR) is 142 cm³/mol. The topological polar surface area (TPSA) is 47.9 Å². The molecule has 5 heteroatoms. The highest BCUT2D eigenvalue weighted by molar-refractivity contribution is 7.09. The molecule has 4 aromatic rings. The number of hydrogen-bond acceptors (Lipinski definition) is 5. The molecule has 0 unspecified atom stereocenters. The Labute approximate surface area is 203 Å². The summed E-state index contributed by atoms with van der Waals surface area (Å²) in [5, 5.41) is 3.33. The Bertz CT molecular complexity index is 1110. The number of hydrogen-bond donors (Lipinski definition) is 0. The van der Waals surface area contributed by atoms with E-state index < -0.39 is 0 Å². The van der Waals surface area contributed by atoms with Crippen molar-refractivity contribution in [1.29, 1.82) is 0 Å². The second-order valence-electron chi connectivity index (χ2n) is 7.19. The number of aryl methyl sites for hydroxylation is 3. The number of thiazole rings is 1. The molecule has 33 heavy (non-hydrogen) atoms. The maximum atomic E-state index is 5.53. The molecule has 0 saturated heterocycles. The highest BCUT2D eigenvalue weighted by atomic mass is 32.1. The molecule has 0 radical (unpaired) electrons. The number of nitrogens with zero attached hydrogens (tertiary/aromatic N) is 3. The molecular formula is C28H37N3OS. The van der Waals surface area contributed by atoms with Crippen molar-refractivity contribution in [1.82, 2.24) is 15.0 Å². The third-order valence-electron chi connectivity index (χ3n) is 5.00. The van der Waals surface area contributed by atoms with Crippen LogP contribution in [0.1, 0.15) is 63.2 Å². The van der Waals surface area contributed by atoms with Crippen molar-refractivity contribution >= 4 is 22.4 Å². The van der Waals surface area contributed by atoms with Crippen molar-refractivity contribution in [2.24, 2.45) is 0 Å². The molecule has 0 bridgehead atoms. The smallest absolute Gasteiger partial charge is 0.240 e. The fourth-order valence-electron chi connectivity index (χ4n) is 3.52. The summed E-state index contributed by atoms with van der Waals surface area (Å²) in [6.07, 6.45) is 5.71. The van der Waals surface area contributed by atoms with Crippen LogP contribution in [0.4, 0.5) is 0 Å². The van der Waals surface area contributed by atoms with E-state index in [0.717, 1.165) is 40.1 Å². The standard InChI is InChI=1S/C24H25N3OS.2C2H6/c1-17-25-20(16-29-17)12-5-3-4-9-18-10-8-11-19(15-18)23-24(28-2)27-22-14-7-6-13-21(22)26-23;2*1-2/h6-8,10-11,13-16H,3-5,9,12H2,1-2H3;2*1-2H3. The fraction of sp³-hybridized carbons (Fsp3) is 0.393. The normalized spacial score (nSPS) is 10.1. The maximum absolute atomic E-state index is 5.53. The van der Waals surface area contributed by atoms with Crippen LogP contribution in [0.3, 0.4) is 0 Å². The van der Waals surface area contributed by atoms with Gasteiger partial charge in [-0.3, -0.25) is 0 Å². The first-order chi connectivity index (χ1) is 16.2. The van der Waals surface area contributed by atoms with Crippen LogP contribution in [0.25, 0.3) is 22.3 Å². The Balaban J connectivity index is 0.000000914. The third kappa shape index (κ3) is 7.64. The number of unbranched alkanes of at least 4 members (excludes halogenated alkanes) is 2. The van der Waals surface area contributed by atoms with Crippen LogP contribution in [0, 0.1) is 6.92 Å². The molecule has 0 saturated carbocycles. The number of para-hydroxylation sites is 2. The van der Waals surface area contributed by atoms with E-state index in [4.69, 9.17) is 9.72 Å². The van der Waals surface area contributed by atoms with Gasteiger partial charge in [0.2, 0.25) is 5.88 Å². The van der Waals surface area contributed by atoms with Crippen molar-refractivity contribution in [3.63, 3.8) is 0 Å². The Morgan fingerprint density at radius 3 is 2.15 bits per heavy atom. The molecule has 0 fully saturated rings. The van der Waals surface area contributed by atoms with Crippen LogP contribution < -0.4 is 4.74 Å². The number of benzene rings is 2. The van der Waals surface area contributed by atoms with Crippen molar-refractivity contribution in [2.75, 3.05) is 7.11 Å². The first-order valence-electron chi connectivity index (χ1n) is 12.0. The zero-order chi connectivity index (χ0) is 24.1. The summed E-state index contributed by atoms with van der Waals surface area (Å²) in [6.45, 7) is 10.1. The van der Waals surface area contributed by atoms with Crippen LogP contribution >= 0.6 is 11.3 Å².